The first-order chi connectivity index (χ1) is 10.4. The molecule has 2 rings (SSSR count). The Hall–Kier alpha value is -2.68. The van der Waals surface area contributed by atoms with Gasteiger partial charge in [0.05, 0.1) is 12.0 Å². The van der Waals surface area contributed by atoms with Crippen molar-refractivity contribution in [1.29, 1.82) is 0 Å². The molecule has 0 fully saturated rings. The summed E-state index contributed by atoms with van der Waals surface area (Å²) in [4.78, 5) is 19.4. The Balaban J connectivity index is 2.61. The van der Waals surface area contributed by atoms with Gasteiger partial charge in [-0.1, -0.05) is 18.2 Å². The van der Waals surface area contributed by atoms with E-state index in [0.717, 1.165) is 0 Å². The van der Waals surface area contributed by atoms with Gasteiger partial charge in [0.2, 0.25) is 5.88 Å². The number of hydrogen-bond donors (Lipinski definition) is 1. The van der Waals surface area contributed by atoms with Crippen molar-refractivity contribution in [3.05, 3.63) is 42.1 Å². The maximum atomic E-state index is 12.6. The van der Waals surface area contributed by atoms with Gasteiger partial charge in [0.25, 0.3) is 16.0 Å². The molecule has 0 aliphatic rings. The van der Waals surface area contributed by atoms with Crippen LogP contribution in [0.4, 0.5) is 10.7 Å². The number of sulfonamides is 1. The van der Waals surface area contributed by atoms with E-state index in [2.05, 4.69) is 9.97 Å². The third-order valence-electron chi connectivity index (χ3n) is 2.69. The van der Waals surface area contributed by atoms with E-state index in [1.54, 1.807) is 13.0 Å². The number of benzene rings is 1. The summed E-state index contributed by atoms with van der Waals surface area (Å²) in [5.41, 5.74) is 5.65. The van der Waals surface area contributed by atoms with Crippen LogP contribution in [-0.2, 0) is 10.0 Å². The van der Waals surface area contributed by atoms with Gasteiger partial charge in [-0.2, -0.15) is 4.98 Å². The molecule has 116 valence electrons. The minimum Gasteiger partial charge on any atom is -0.481 e. The van der Waals surface area contributed by atoms with E-state index in [1.165, 1.54) is 37.4 Å². The van der Waals surface area contributed by atoms with Crippen molar-refractivity contribution in [3.8, 4) is 5.88 Å². The first-order valence-corrected chi connectivity index (χ1v) is 7.59. The van der Waals surface area contributed by atoms with Gasteiger partial charge >= 0.3 is 6.03 Å². The number of nitrogens with two attached hydrogens (primary N) is 1. The Morgan fingerprint density at radius 2 is 1.86 bits per heavy atom. The fraction of sp³-hybridized carbons (Fsp3) is 0.154. The summed E-state index contributed by atoms with van der Waals surface area (Å²) in [5.74, 6) is -0.245. The number of hydrogen-bond acceptors (Lipinski definition) is 6. The molecule has 2 aromatic rings. The molecule has 0 unspecified atom stereocenters. The van der Waals surface area contributed by atoms with Crippen LogP contribution in [0.3, 0.4) is 0 Å². The Bertz CT molecular complexity index is 793. The third kappa shape index (κ3) is 2.98. The average molecular weight is 322 g/mol. The van der Waals surface area contributed by atoms with Gasteiger partial charge < -0.3 is 10.5 Å². The highest BCUT2D eigenvalue weighted by Crippen LogP contribution is 2.22. The van der Waals surface area contributed by atoms with Crippen LogP contribution in [0.1, 0.15) is 5.69 Å². The molecule has 0 spiro atoms. The molecule has 0 saturated heterocycles. The molecule has 2 N–H and O–H groups in total. The molecule has 8 nitrogen and oxygen atoms in total. The molecule has 1 aromatic carbocycles. The first-order valence-electron chi connectivity index (χ1n) is 6.15. The molecule has 1 heterocycles. The van der Waals surface area contributed by atoms with Gasteiger partial charge in [-0.3, -0.25) is 0 Å². The number of ether oxygens (including phenoxy) is 1. The molecule has 0 aliphatic carbocycles. The smallest absolute Gasteiger partial charge is 0.336 e. The lowest BCUT2D eigenvalue weighted by Gasteiger charge is -2.19. The molecule has 0 saturated carbocycles. The second-order valence-electron chi connectivity index (χ2n) is 4.27. The topological polar surface area (TPSA) is 115 Å². The maximum Gasteiger partial charge on any atom is 0.336 e. The maximum absolute atomic E-state index is 12.6. The van der Waals surface area contributed by atoms with Crippen molar-refractivity contribution in [2.24, 2.45) is 5.73 Å². The number of nitrogens with zero attached hydrogens (tertiary/aromatic N) is 3. The molecule has 0 atom stereocenters. The number of rotatable bonds is 4. The summed E-state index contributed by atoms with van der Waals surface area (Å²) in [7, 11) is -2.85. The summed E-state index contributed by atoms with van der Waals surface area (Å²) < 4.78 is 30.5. The highest BCUT2D eigenvalue weighted by atomic mass is 32.2. The second-order valence-corrected chi connectivity index (χ2v) is 6.06. The number of carbonyl (C=O) groups excluding carboxylic acids is 1. The first kappa shape index (κ1) is 15.7. The summed E-state index contributed by atoms with van der Waals surface area (Å²) in [6.07, 6.45) is 0. The van der Waals surface area contributed by atoms with E-state index in [0.29, 0.717) is 10.00 Å². The molecule has 0 aliphatic heterocycles. The SMILES string of the molecule is COc1cc(C)nc(N(C(N)=O)S(=O)(=O)c2ccccc2)n1. The van der Waals surface area contributed by atoms with Gasteiger partial charge in [0.15, 0.2) is 0 Å². The van der Waals surface area contributed by atoms with Crippen molar-refractivity contribution in [2.75, 3.05) is 11.4 Å². The molecule has 0 radical (unpaired) electrons. The normalized spacial score (nSPS) is 11.0. The van der Waals surface area contributed by atoms with Crippen LogP contribution in [0.2, 0.25) is 0 Å². The van der Waals surface area contributed by atoms with Crippen molar-refractivity contribution in [1.82, 2.24) is 9.97 Å². The summed E-state index contributed by atoms with van der Waals surface area (Å²) >= 11 is 0. The van der Waals surface area contributed by atoms with E-state index in [1.807, 2.05) is 0 Å². The zero-order chi connectivity index (χ0) is 16.3. The fourth-order valence-corrected chi connectivity index (χ4v) is 2.99. The van der Waals surface area contributed by atoms with E-state index >= 15 is 0 Å². The number of primary amides is 1. The highest BCUT2D eigenvalue weighted by molar-refractivity contribution is 7.93. The molecule has 1 aromatic heterocycles. The monoisotopic (exact) mass is 322 g/mol. The number of urea groups is 1. The Morgan fingerprint density at radius 3 is 2.41 bits per heavy atom. The van der Waals surface area contributed by atoms with E-state index in [4.69, 9.17) is 10.5 Å². The van der Waals surface area contributed by atoms with E-state index in [-0.39, 0.29) is 16.7 Å². The van der Waals surface area contributed by atoms with Crippen molar-refractivity contribution >= 4 is 22.0 Å². The van der Waals surface area contributed by atoms with Crippen LogP contribution in [0.15, 0.2) is 41.3 Å². The number of anilines is 1. The van der Waals surface area contributed by atoms with Gasteiger partial charge in [-0.25, -0.2) is 18.2 Å². The van der Waals surface area contributed by atoms with Crippen molar-refractivity contribution in [2.45, 2.75) is 11.8 Å². The van der Waals surface area contributed by atoms with Crippen molar-refractivity contribution < 1.29 is 17.9 Å². The number of aryl methyl sites for hydroxylation is 1. The minimum absolute atomic E-state index is 0.0992. The van der Waals surface area contributed by atoms with Crippen LogP contribution in [0.25, 0.3) is 0 Å². The molecule has 9 heteroatoms. The lowest BCUT2D eigenvalue weighted by molar-refractivity contribution is 0.256. The zero-order valence-electron chi connectivity index (χ0n) is 11.9. The summed E-state index contributed by atoms with van der Waals surface area (Å²) in [6.45, 7) is 1.61. The van der Waals surface area contributed by atoms with Gasteiger partial charge in [-0.05, 0) is 19.1 Å². The Labute approximate surface area is 127 Å². The summed E-state index contributed by atoms with van der Waals surface area (Å²) in [5, 5.41) is 0. The van der Waals surface area contributed by atoms with Gasteiger partial charge in [-0.15, -0.1) is 4.31 Å². The number of carbonyl (C=O) groups is 1. The number of amides is 2. The molecular weight excluding hydrogens is 308 g/mol. The fourth-order valence-electron chi connectivity index (χ4n) is 1.74. The molecule has 0 bridgehead atoms. The Kier molecular flexibility index (Phi) is 4.27. The van der Waals surface area contributed by atoms with E-state index in [9.17, 15) is 13.2 Å². The standard InChI is InChI=1S/C13H14N4O4S/c1-9-8-11(21-2)16-13(15-9)17(12(14)18)22(19,20)10-6-4-3-5-7-10/h3-8H,1-2H3,(H2,14,18). The lowest BCUT2D eigenvalue weighted by atomic mass is 10.4. The van der Waals surface area contributed by atoms with Crippen LogP contribution >= 0.6 is 0 Å². The number of methoxy groups -OCH3 is 1. The van der Waals surface area contributed by atoms with Crippen molar-refractivity contribution in [3.63, 3.8) is 0 Å². The highest BCUT2D eigenvalue weighted by Gasteiger charge is 2.32. The molecule has 2 amide bonds. The summed E-state index contributed by atoms with van der Waals surface area (Å²) in [6, 6.07) is 7.69. The molecular formula is C13H14N4O4S. The van der Waals surface area contributed by atoms with Crippen LogP contribution < -0.4 is 14.8 Å². The largest absolute Gasteiger partial charge is 0.481 e. The molecule has 22 heavy (non-hydrogen) atoms. The Morgan fingerprint density at radius 1 is 1.23 bits per heavy atom. The lowest BCUT2D eigenvalue weighted by Crippen LogP contribution is -2.42. The average Bonchev–Trinajstić information content (AvgIpc) is 2.47. The quantitative estimate of drug-likeness (QED) is 0.900. The minimum atomic E-state index is -4.22. The predicted molar refractivity (Wildman–Crippen MR) is 79.0 cm³/mol. The van der Waals surface area contributed by atoms with E-state index < -0.39 is 16.1 Å². The second kappa shape index (κ2) is 5.98. The van der Waals surface area contributed by atoms with Crippen LogP contribution in [-0.4, -0.2) is 31.5 Å². The predicted octanol–water partition coefficient (Wildman–Crippen LogP) is 1.07. The van der Waals surface area contributed by atoms with Gasteiger partial charge in [0, 0.05) is 11.8 Å². The van der Waals surface area contributed by atoms with Crippen LogP contribution in [0, 0.1) is 6.92 Å². The zero-order valence-corrected chi connectivity index (χ0v) is 12.7. The third-order valence-corrected chi connectivity index (χ3v) is 4.38. The van der Waals surface area contributed by atoms with Gasteiger partial charge in [0.1, 0.15) is 0 Å². The number of aromatic nitrogens is 2. The van der Waals surface area contributed by atoms with Crippen LogP contribution in [0.5, 0.6) is 5.88 Å².